The number of H-pyrrole nitrogens is 1. The van der Waals surface area contributed by atoms with E-state index < -0.39 is 0 Å². The van der Waals surface area contributed by atoms with E-state index in [1.807, 2.05) is 18.2 Å². The summed E-state index contributed by atoms with van der Waals surface area (Å²) in [4.78, 5) is 29.2. The molecule has 0 unspecified atom stereocenters. The average molecular weight is 341 g/mol. The number of rotatable bonds is 8. The van der Waals surface area contributed by atoms with Crippen molar-refractivity contribution in [2.75, 3.05) is 27.2 Å². The smallest absolute Gasteiger partial charge is 0.267 e. The van der Waals surface area contributed by atoms with Crippen molar-refractivity contribution in [3.63, 3.8) is 0 Å². The van der Waals surface area contributed by atoms with Crippen molar-refractivity contribution < 1.29 is 14.5 Å². The number of carbonyl (C=O) groups is 2. The van der Waals surface area contributed by atoms with Gasteiger partial charge in [0.15, 0.2) is 0 Å². The molecule has 6 nitrogen and oxygen atoms in total. The topological polar surface area (TPSA) is 78.4 Å². The van der Waals surface area contributed by atoms with Crippen LogP contribution in [0.1, 0.15) is 22.5 Å². The minimum absolute atomic E-state index is 0.216. The minimum atomic E-state index is -0.314. The van der Waals surface area contributed by atoms with Crippen LogP contribution in [0.2, 0.25) is 0 Å². The first-order valence-corrected chi connectivity index (χ1v) is 8.35. The molecule has 132 valence electrons. The van der Waals surface area contributed by atoms with Gasteiger partial charge in [-0.25, -0.2) is 0 Å². The van der Waals surface area contributed by atoms with Gasteiger partial charge in [-0.15, -0.1) is 0 Å². The molecular formula is C19H25N4O2+. The molecule has 6 heteroatoms. The van der Waals surface area contributed by atoms with Gasteiger partial charge >= 0.3 is 0 Å². The maximum atomic E-state index is 12.5. The largest absolute Gasteiger partial charge is 0.362 e. The van der Waals surface area contributed by atoms with Crippen molar-refractivity contribution in [2.24, 2.45) is 0 Å². The van der Waals surface area contributed by atoms with E-state index in [1.54, 1.807) is 36.5 Å². The van der Waals surface area contributed by atoms with Crippen LogP contribution in [-0.4, -0.2) is 44.0 Å². The van der Waals surface area contributed by atoms with Gasteiger partial charge in [0, 0.05) is 30.4 Å². The van der Waals surface area contributed by atoms with Crippen LogP contribution in [0.3, 0.4) is 0 Å². The molecule has 0 saturated carbocycles. The van der Waals surface area contributed by atoms with Gasteiger partial charge in [-0.2, -0.15) is 0 Å². The number of carbonyl (C=O) groups excluding carboxylic acids is 2. The highest BCUT2D eigenvalue weighted by Crippen LogP contribution is 2.05. The third-order valence-electron chi connectivity index (χ3n) is 3.59. The Balaban J connectivity index is 2.05. The van der Waals surface area contributed by atoms with Gasteiger partial charge in [-0.1, -0.05) is 18.2 Å². The number of aromatic amines is 1. The number of aromatic nitrogens is 1. The maximum Gasteiger partial charge on any atom is 0.267 e. The van der Waals surface area contributed by atoms with Crippen LogP contribution in [0.5, 0.6) is 0 Å². The second kappa shape index (κ2) is 9.44. The molecule has 0 aliphatic rings. The fraction of sp³-hybridized carbons (Fsp3) is 0.263. The van der Waals surface area contributed by atoms with Crippen molar-refractivity contribution in [1.82, 2.24) is 15.6 Å². The molecule has 2 amide bonds. The number of benzene rings is 1. The molecule has 4 N–H and O–H groups in total. The molecule has 2 rings (SSSR count). The molecule has 0 atom stereocenters. The molecule has 0 aliphatic carbocycles. The Morgan fingerprint density at radius 3 is 2.52 bits per heavy atom. The second-order valence-corrected chi connectivity index (χ2v) is 6.07. The Morgan fingerprint density at radius 2 is 1.88 bits per heavy atom. The first kappa shape index (κ1) is 18.5. The summed E-state index contributed by atoms with van der Waals surface area (Å²) >= 11 is 0. The van der Waals surface area contributed by atoms with Crippen molar-refractivity contribution in [2.45, 2.75) is 6.42 Å². The number of quaternary nitrogens is 1. The van der Waals surface area contributed by atoms with E-state index in [4.69, 9.17) is 0 Å². The Bertz CT molecular complexity index is 706. The van der Waals surface area contributed by atoms with Crippen molar-refractivity contribution in [1.29, 1.82) is 0 Å². The van der Waals surface area contributed by atoms with Gasteiger partial charge in [0.2, 0.25) is 0 Å². The molecular weight excluding hydrogens is 316 g/mol. The minimum Gasteiger partial charge on any atom is -0.362 e. The van der Waals surface area contributed by atoms with Gasteiger partial charge in [0.1, 0.15) is 5.70 Å². The van der Waals surface area contributed by atoms with Gasteiger partial charge < -0.3 is 20.5 Å². The Morgan fingerprint density at radius 1 is 1.12 bits per heavy atom. The summed E-state index contributed by atoms with van der Waals surface area (Å²) in [6.07, 6.45) is 4.27. The fourth-order valence-electron chi connectivity index (χ4n) is 2.27. The molecule has 0 radical (unpaired) electrons. The molecule has 0 saturated heterocycles. The van der Waals surface area contributed by atoms with Crippen molar-refractivity contribution >= 4 is 17.9 Å². The van der Waals surface area contributed by atoms with Crippen LogP contribution in [0.15, 0.2) is 54.4 Å². The SMILES string of the molecule is C[NH+](C)CCCNC(=O)/C(=C/c1ccc[nH]1)NC(=O)c1ccccc1. The van der Waals surface area contributed by atoms with Gasteiger partial charge in [0.05, 0.1) is 20.6 Å². The van der Waals surface area contributed by atoms with E-state index in [1.165, 1.54) is 4.90 Å². The lowest BCUT2D eigenvalue weighted by molar-refractivity contribution is -0.858. The summed E-state index contributed by atoms with van der Waals surface area (Å²) in [6, 6.07) is 12.5. The van der Waals surface area contributed by atoms with Crippen LogP contribution in [0.25, 0.3) is 6.08 Å². The number of hydrogen-bond acceptors (Lipinski definition) is 2. The lowest BCUT2D eigenvalue weighted by Crippen LogP contribution is -3.05. The molecule has 1 heterocycles. The van der Waals surface area contributed by atoms with E-state index in [2.05, 4.69) is 29.7 Å². The van der Waals surface area contributed by atoms with Crippen LogP contribution in [0.4, 0.5) is 0 Å². The monoisotopic (exact) mass is 341 g/mol. The standard InChI is InChI=1S/C19H24N4O2/c1-23(2)13-7-12-21-19(25)17(14-16-10-6-11-20-16)22-18(24)15-8-4-3-5-9-15/h3-6,8-11,14,20H,7,12-13H2,1-2H3,(H,21,25)(H,22,24)/p+1/b17-14-. The zero-order chi connectivity index (χ0) is 18.1. The first-order chi connectivity index (χ1) is 12.1. The van der Waals surface area contributed by atoms with Crippen LogP contribution in [0, 0.1) is 0 Å². The lowest BCUT2D eigenvalue weighted by Gasteiger charge is -2.12. The van der Waals surface area contributed by atoms with Crippen molar-refractivity contribution in [3.8, 4) is 0 Å². The maximum absolute atomic E-state index is 12.5. The summed E-state index contributed by atoms with van der Waals surface area (Å²) in [7, 11) is 4.14. The quantitative estimate of drug-likeness (QED) is 0.415. The number of amides is 2. The highest BCUT2D eigenvalue weighted by atomic mass is 16.2. The molecule has 0 fully saturated rings. The molecule has 25 heavy (non-hydrogen) atoms. The molecule has 2 aromatic rings. The predicted octanol–water partition coefficient (Wildman–Crippen LogP) is 0.436. The van der Waals surface area contributed by atoms with Crippen LogP contribution in [-0.2, 0) is 4.79 Å². The second-order valence-electron chi connectivity index (χ2n) is 6.07. The highest BCUT2D eigenvalue weighted by molar-refractivity contribution is 6.05. The summed E-state index contributed by atoms with van der Waals surface area (Å²) in [5.74, 6) is -0.612. The fourth-order valence-corrected chi connectivity index (χ4v) is 2.27. The van der Waals surface area contributed by atoms with E-state index in [0.717, 1.165) is 18.7 Å². The first-order valence-electron chi connectivity index (χ1n) is 8.35. The Hall–Kier alpha value is -2.86. The van der Waals surface area contributed by atoms with Gasteiger partial charge in [-0.3, -0.25) is 9.59 Å². The predicted molar refractivity (Wildman–Crippen MR) is 98.0 cm³/mol. The van der Waals surface area contributed by atoms with Crippen LogP contribution < -0.4 is 15.5 Å². The Kier molecular flexibility index (Phi) is 6.98. The van der Waals surface area contributed by atoms with E-state index in [-0.39, 0.29) is 17.5 Å². The highest BCUT2D eigenvalue weighted by Gasteiger charge is 2.14. The van der Waals surface area contributed by atoms with E-state index in [0.29, 0.717) is 12.1 Å². The lowest BCUT2D eigenvalue weighted by atomic mass is 10.2. The third kappa shape index (κ3) is 6.27. The molecule has 0 spiro atoms. The molecule has 1 aromatic heterocycles. The summed E-state index contributed by atoms with van der Waals surface area (Å²) in [5, 5.41) is 5.56. The van der Waals surface area contributed by atoms with E-state index in [9.17, 15) is 9.59 Å². The molecule has 0 aliphatic heterocycles. The van der Waals surface area contributed by atoms with E-state index >= 15 is 0 Å². The third-order valence-corrected chi connectivity index (χ3v) is 3.59. The van der Waals surface area contributed by atoms with Gasteiger partial charge in [0.25, 0.3) is 11.8 Å². The van der Waals surface area contributed by atoms with Crippen molar-refractivity contribution in [3.05, 3.63) is 65.6 Å². The zero-order valence-electron chi connectivity index (χ0n) is 14.6. The summed E-state index contributed by atoms with van der Waals surface area (Å²) < 4.78 is 0. The zero-order valence-corrected chi connectivity index (χ0v) is 14.6. The van der Waals surface area contributed by atoms with Gasteiger partial charge in [-0.05, 0) is 30.3 Å². The number of nitrogens with one attached hydrogen (secondary N) is 4. The summed E-state index contributed by atoms with van der Waals surface area (Å²) in [6.45, 7) is 1.53. The average Bonchev–Trinajstić information content (AvgIpc) is 3.11. The molecule has 0 bridgehead atoms. The van der Waals surface area contributed by atoms with Crippen LogP contribution >= 0.6 is 0 Å². The number of hydrogen-bond donors (Lipinski definition) is 4. The molecule has 1 aromatic carbocycles. The summed E-state index contributed by atoms with van der Waals surface area (Å²) in [5.41, 5.74) is 1.47. The Labute approximate surface area is 147 Å². The normalized spacial score (nSPS) is 11.4.